The number of carboxylic acids is 2. The van der Waals surface area contributed by atoms with Crippen LogP contribution >= 0.6 is 0 Å². The first-order valence-corrected chi connectivity index (χ1v) is 9.54. The van der Waals surface area contributed by atoms with Gasteiger partial charge in [-0.25, -0.2) is 9.59 Å². The number of hydrogen-bond acceptors (Lipinski definition) is 7. The first kappa shape index (κ1) is 28.2. The molecule has 2 aromatic rings. The average molecular weight is 438 g/mol. The molecular weight excluding hydrogens is 408 g/mol. The molecule has 0 amide bonds. The predicted molar refractivity (Wildman–Crippen MR) is 113 cm³/mol. The molecule has 0 aliphatic heterocycles. The van der Waals surface area contributed by atoms with Crippen LogP contribution in [0.5, 0.6) is 0 Å². The summed E-state index contributed by atoms with van der Waals surface area (Å²) in [6, 6.07) is 16.6. The number of carboxylic acid groups (broad SMARTS) is 2. The first-order chi connectivity index (χ1) is 15.0. The Morgan fingerprint density at radius 2 is 0.839 bits per heavy atom. The summed E-state index contributed by atoms with van der Waals surface area (Å²) in [5.41, 5.74) is 0.662. The second-order valence-corrected chi connectivity index (χ2v) is 5.63. The Balaban J connectivity index is 0.000000445. The van der Waals surface area contributed by atoms with Gasteiger partial charge in [-0.1, -0.05) is 36.4 Å². The van der Waals surface area contributed by atoms with E-state index in [-0.39, 0.29) is 13.2 Å². The molecule has 9 nitrogen and oxygen atoms in total. The maximum Gasteiger partial charge on any atom is 0.335 e. The van der Waals surface area contributed by atoms with E-state index in [1.807, 2.05) is 0 Å². The maximum absolute atomic E-state index is 10.2. The molecule has 0 atom stereocenters. The van der Waals surface area contributed by atoms with Crippen LogP contribution in [0.15, 0.2) is 60.7 Å². The Morgan fingerprint density at radius 1 is 0.548 bits per heavy atom. The molecule has 0 unspecified atom stereocenters. The van der Waals surface area contributed by atoms with Crippen molar-refractivity contribution in [2.75, 3.05) is 52.9 Å². The van der Waals surface area contributed by atoms with E-state index in [1.165, 1.54) is 0 Å². The molecule has 0 heterocycles. The van der Waals surface area contributed by atoms with Crippen molar-refractivity contribution in [2.45, 2.75) is 0 Å². The molecule has 0 saturated carbocycles. The van der Waals surface area contributed by atoms with Crippen LogP contribution in [0.3, 0.4) is 0 Å². The number of aromatic carboxylic acids is 2. The number of hydrogen-bond donors (Lipinski definition) is 4. The number of aliphatic hydroxyl groups is 2. The molecule has 172 valence electrons. The molecule has 0 spiro atoms. The van der Waals surface area contributed by atoms with Crippen LogP contribution in [-0.4, -0.2) is 85.2 Å². The zero-order valence-corrected chi connectivity index (χ0v) is 17.3. The summed E-state index contributed by atoms with van der Waals surface area (Å²) < 4.78 is 15.0. The molecule has 0 bridgehead atoms. The van der Waals surface area contributed by atoms with Gasteiger partial charge in [0.05, 0.1) is 64.0 Å². The van der Waals surface area contributed by atoms with Gasteiger partial charge < -0.3 is 34.6 Å². The lowest BCUT2D eigenvalue weighted by Crippen LogP contribution is -2.11. The fourth-order valence-electron chi connectivity index (χ4n) is 1.83. The highest BCUT2D eigenvalue weighted by Gasteiger charge is 1.97. The summed E-state index contributed by atoms with van der Waals surface area (Å²) in [6.07, 6.45) is 0. The molecule has 0 fully saturated rings. The van der Waals surface area contributed by atoms with Crippen molar-refractivity contribution in [3.05, 3.63) is 71.8 Å². The molecule has 0 radical (unpaired) electrons. The minimum atomic E-state index is -0.879. The Kier molecular flexibility index (Phi) is 18.6. The minimum absolute atomic E-state index is 0.0413. The van der Waals surface area contributed by atoms with Crippen LogP contribution in [0.25, 0.3) is 0 Å². The highest BCUT2D eigenvalue weighted by Crippen LogP contribution is 1.96. The predicted octanol–water partition coefficient (Wildman–Crippen LogP) is 1.79. The number of rotatable bonds is 12. The Labute approximate surface area is 181 Å². The number of carbonyl (C=O) groups is 2. The van der Waals surface area contributed by atoms with Gasteiger partial charge in [0, 0.05) is 0 Å². The zero-order chi connectivity index (χ0) is 23.2. The number of benzene rings is 2. The lowest BCUT2D eigenvalue weighted by Gasteiger charge is -2.04. The van der Waals surface area contributed by atoms with Crippen molar-refractivity contribution in [1.29, 1.82) is 0 Å². The standard InChI is InChI=1S/C8H18O5.2C7H6O2/c9-1-3-11-5-7-13-8-6-12-4-2-10;2*8-7(9)6-4-2-1-3-5-6/h9-10H,1-8H2;2*1-5H,(H,8,9). The highest BCUT2D eigenvalue weighted by atomic mass is 16.5. The molecule has 9 heteroatoms. The Hall–Kier alpha value is -2.82. The van der Waals surface area contributed by atoms with Crippen LogP contribution in [-0.2, 0) is 14.2 Å². The molecule has 0 saturated heterocycles. The third-order valence-electron chi connectivity index (χ3n) is 3.26. The van der Waals surface area contributed by atoms with E-state index >= 15 is 0 Å². The monoisotopic (exact) mass is 438 g/mol. The van der Waals surface area contributed by atoms with Crippen LogP contribution in [0.2, 0.25) is 0 Å². The van der Waals surface area contributed by atoms with Crippen molar-refractivity contribution in [3.63, 3.8) is 0 Å². The summed E-state index contributed by atoms with van der Waals surface area (Å²) >= 11 is 0. The van der Waals surface area contributed by atoms with Crippen LogP contribution in [0.4, 0.5) is 0 Å². The van der Waals surface area contributed by atoms with E-state index in [0.29, 0.717) is 50.8 Å². The number of ether oxygens (including phenoxy) is 3. The van der Waals surface area contributed by atoms with Gasteiger partial charge in [-0.2, -0.15) is 0 Å². The molecule has 2 aromatic carbocycles. The smallest absolute Gasteiger partial charge is 0.335 e. The molecule has 0 aliphatic carbocycles. The average Bonchev–Trinajstić information content (AvgIpc) is 2.80. The van der Waals surface area contributed by atoms with Gasteiger partial charge in [-0.3, -0.25) is 0 Å². The second-order valence-electron chi connectivity index (χ2n) is 5.63. The van der Waals surface area contributed by atoms with E-state index in [9.17, 15) is 9.59 Å². The van der Waals surface area contributed by atoms with Gasteiger partial charge in [-0.15, -0.1) is 0 Å². The highest BCUT2D eigenvalue weighted by molar-refractivity contribution is 5.87. The van der Waals surface area contributed by atoms with Crippen molar-refractivity contribution >= 4 is 11.9 Å². The van der Waals surface area contributed by atoms with Crippen LogP contribution < -0.4 is 0 Å². The molecule has 2 rings (SSSR count). The van der Waals surface area contributed by atoms with Crippen molar-refractivity contribution in [2.24, 2.45) is 0 Å². The fraction of sp³-hybridized carbons (Fsp3) is 0.364. The van der Waals surface area contributed by atoms with E-state index < -0.39 is 11.9 Å². The summed E-state index contributed by atoms with van der Waals surface area (Å²) in [7, 11) is 0. The Bertz CT molecular complexity index is 618. The minimum Gasteiger partial charge on any atom is -0.478 e. The largest absolute Gasteiger partial charge is 0.478 e. The summed E-state index contributed by atoms with van der Waals surface area (Å²) in [4.78, 5) is 20.4. The van der Waals surface area contributed by atoms with E-state index in [1.54, 1.807) is 60.7 Å². The van der Waals surface area contributed by atoms with Crippen molar-refractivity contribution < 1.29 is 44.2 Å². The van der Waals surface area contributed by atoms with Gasteiger partial charge in [0.1, 0.15) is 0 Å². The van der Waals surface area contributed by atoms with Crippen molar-refractivity contribution in [1.82, 2.24) is 0 Å². The van der Waals surface area contributed by atoms with Crippen LogP contribution in [0.1, 0.15) is 20.7 Å². The van der Waals surface area contributed by atoms with Gasteiger partial charge >= 0.3 is 11.9 Å². The third kappa shape index (κ3) is 17.7. The molecule has 0 aromatic heterocycles. The number of aliphatic hydroxyl groups excluding tert-OH is 2. The maximum atomic E-state index is 10.2. The quantitative estimate of drug-likeness (QED) is 0.365. The van der Waals surface area contributed by atoms with E-state index in [0.717, 1.165) is 0 Å². The van der Waals surface area contributed by atoms with Crippen molar-refractivity contribution in [3.8, 4) is 0 Å². The third-order valence-corrected chi connectivity index (χ3v) is 3.26. The molecule has 4 N–H and O–H groups in total. The SMILES string of the molecule is O=C(O)c1ccccc1.O=C(O)c1ccccc1.OCCOCCOCCOCCO. The second kappa shape index (κ2) is 20.5. The molecular formula is C22H30O9. The molecule has 31 heavy (non-hydrogen) atoms. The van der Waals surface area contributed by atoms with Gasteiger partial charge in [-0.05, 0) is 24.3 Å². The summed E-state index contributed by atoms with van der Waals surface area (Å²) in [6.45, 7) is 2.76. The molecule has 0 aliphatic rings. The summed E-state index contributed by atoms with van der Waals surface area (Å²) in [5, 5.41) is 33.5. The first-order valence-electron chi connectivity index (χ1n) is 9.54. The van der Waals surface area contributed by atoms with Gasteiger partial charge in [0.15, 0.2) is 0 Å². The van der Waals surface area contributed by atoms with Gasteiger partial charge in [0.25, 0.3) is 0 Å². The topological polar surface area (TPSA) is 143 Å². The lowest BCUT2D eigenvalue weighted by molar-refractivity contribution is 0.00230. The summed E-state index contributed by atoms with van der Waals surface area (Å²) in [5.74, 6) is -1.76. The normalized spacial score (nSPS) is 9.61. The zero-order valence-electron chi connectivity index (χ0n) is 17.3. The van der Waals surface area contributed by atoms with Gasteiger partial charge in [0.2, 0.25) is 0 Å². The Morgan fingerprint density at radius 3 is 1.06 bits per heavy atom. The van der Waals surface area contributed by atoms with E-state index in [2.05, 4.69) is 0 Å². The fourth-order valence-corrected chi connectivity index (χ4v) is 1.83. The lowest BCUT2D eigenvalue weighted by atomic mass is 10.2. The van der Waals surface area contributed by atoms with E-state index in [4.69, 9.17) is 34.6 Å². The van der Waals surface area contributed by atoms with Crippen LogP contribution in [0, 0.1) is 0 Å².